The van der Waals surface area contributed by atoms with Gasteiger partial charge in [0, 0.05) is 23.4 Å². The van der Waals surface area contributed by atoms with Crippen LogP contribution in [0.25, 0.3) is 10.8 Å². The van der Waals surface area contributed by atoms with Crippen LogP contribution in [0.1, 0.15) is 8.35 Å². The van der Waals surface area contributed by atoms with Gasteiger partial charge in [-0.1, -0.05) is 24.3 Å². The number of amides is 1. The van der Waals surface area contributed by atoms with Crippen molar-refractivity contribution in [2.24, 2.45) is 0 Å². The Morgan fingerprint density at radius 2 is 1.74 bits per heavy atom. The van der Waals surface area contributed by atoms with E-state index in [-0.39, 0.29) is 41.8 Å². The molecule has 0 aromatic heterocycles. The van der Waals surface area contributed by atoms with Crippen molar-refractivity contribution in [2.75, 3.05) is 5.32 Å². The fraction of sp³-hybridized carbons (Fsp3) is 0.0833. The first-order valence-corrected chi connectivity index (χ1v) is 6.60. The second-order valence-electron chi connectivity index (χ2n) is 3.81. The van der Waals surface area contributed by atoms with Crippen molar-refractivity contribution >= 4 is 32.5 Å². The van der Waals surface area contributed by atoms with Crippen molar-refractivity contribution < 1.29 is 48.7 Å². The Bertz CT molecular complexity index is 733. The van der Waals surface area contributed by atoms with E-state index in [2.05, 4.69) is 5.32 Å². The zero-order chi connectivity index (χ0) is 13.3. The van der Waals surface area contributed by atoms with Crippen LogP contribution < -0.4 is 34.9 Å². The predicted octanol–water partition coefficient (Wildman–Crippen LogP) is -0.839. The molecule has 2 N–H and O–H groups in total. The second-order valence-corrected chi connectivity index (χ2v) is 5.20. The maximum Gasteiger partial charge on any atom is 1.00 e. The first-order valence-electron chi connectivity index (χ1n) is 5.16. The molecule has 19 heavy (non-hydrogen) atoms. The van der Waals surface area contributed by atoms with Gasteiger partial charge in [0.1, 0.15) is 4.90 Å². The van der Waals surface area contributed by atoms with E-state index in [4.69, 9.17) is 4.55 Å². The van der Waals surface area contributed by atoms with Crippen molar-refractivity contribution in [3.8, 4) is 0 Å². The molecular weight excluding hydrogens is 277 g/mol. The van der Waals surface area contributed by atoms with E-state index in [9.17, 15) is 13.2 Å². The molecule has 0 saturated heterocycles. The van der Waals surface area contributed by atoms with Crippen LogP contribution in [-0.4, -0.2) is 18.9 Å². The molecule has 5 nitrogen and oxygen atoms in total. The summed E-state index contributed by atoms with van der Waals surface area (Å²) in [6, 6.07) is 9.35. The smallest absolute Gasteiger partial charge is 1.00 e. The topological polar surface area (TPSA) is 83.5 Å². The number of carbonyl (C=O) groups excluding carboxylic acids is 1. The number of hydrogen-bond donors (Lipinski definition) is 2. The fourth-order valence-electron chi connectivity index (χ4n) is 1.80. The summed E-state index contributed by atoms with van der Waals surface area (Å²) in [5.41, 5.74) is 0.505. The molecule has 7 heteroatoms. The van der Waals surface area contributed by atoms with E-state index >= 15 is 0 Å². The van der Waals surface area contributed by atoms with Crippen LogP contribution in [0.5, 0.6) is 0 Å². The molecule has 0 saturated carbocycles. The third kappa shape index (κ3) is 3.55. The number of carbonyl (C=O) groups is 1. The SMILES string of the molecule is CC(=O)Nc1ccc(S(=O)(=O)O)c2ccccc12.[H-].[Na+]. The number of rotatable bonds is 2. The molecule has 0 atom stereocenters. The molecular formula is C12H12NNaO4S. The Morgan fingerprint density at radius 3 is 2.26 bits per heavy atom. The first-order chi connectivity index (χ1) is 8.39. The summed E-state index contributed by atoms with van der Waals surface area (Å²) in [4.78, 5) is 10.9. The Morgan fingerprint density at radius 1 is 1.16 bits per heavy atom. The van der Waals surface area contributed by atoms with Gasteiger partial charge in [-0.3, -0.25) is 9.35 Å². The summed E-state index contributed by atoms with van der Waals surface area (Å²) in [5.74, 6) is -0.250. The van der Waals surface area contributed by atoms with Crippen molar-refractivity contribution in [3.05, 3.63) is 36.4 Å². The molecule has 0 fully saturated rings. The van der Waals surface area contributed by atoms with Crippen LogP contribution in [0, 0.1) is 0 Å². The molecule has 0 heterocycles. The van der Waals surface area contributed by atoms with E-state index in [1.807, 2.05) is 0 Å². The maximum absolute atomic E-state index is 11.2. The Balaban J connectivity index is 0.00000180. The molecule has 0 aliphatic carbocycles. The van der Waals surface area contributed by atoms with E-state index in [1.165, 1.54) is 19.1 Å². The standard InChI is InChI=1S/C12H11NO4S.Na.H/c1-8(14)13-11-6-7-12(18(15,16)17)10-5-3-2-4-9(10)11;;/h2-7H,1H3,(H,13,14)(H,15,16,17);;/q;+1;-1. The maximum atomic E-state index is 11.2. The van der Waals surface area contributed by atoms with Crippen LogP contribution >= 0.6 is 0 Å². The minimum atomic E-state index is -4.29. The number of benzene rings is 2. The summed E-state index contributed by atoms with van der Waals surface area (Å²) < 4.78 is 31.6. The van der Waals surface area contributed by atoms with Gasteiger partial charge in [-0.25, -0.2) is 0 Å². The predicted molar refractivity (Wildman–Crippen MR) is 69.2 cm³/mol. The molecule has 0 radical (unpaired) electrons. The number of fused-ring (bicyclic) bond motifs is 1. The monoisotopic (exact) mass is 289 g/mol. The molecule has 2 aromatic rings. The molecule has 96 valence electrons. The van der Waals surface area contributed by atoms with E-state index in [1.54, 1.807) is 24.3 Å². The van der Waals surface area contributed by atoms with Crippen LogP contribution in [0.2, 0.25) is 0 Å². The summed E-state index contributed by atoms with van der Waals surface area (Å²) in [6.45, 7) is 1.37. The van der Waals surface area contributed by atoms with Gasteiger partial charge in [0.15, 0.2) is 0 Å². The molecule has 0 bridgehead atoms. The second kappa shape index (κ2) is 6.02. The number of nitrogens with one attached hydrogen (secondary N) is 1. The summed E-state index contributed by atoms with van der Waals surface area (Å²) in [5, 5.41) is 3.54. The molecule has 2 rings (SSSR count). The van der Waals surface area contributed by atoms with Crippen LogP contribution in [0.15, 0.2) is 41.3 Å². The zero-order valence-corrected chi connectivity index (χ0v) is 13.4. The molecule has 0 unspecified atom stereocenters. The average Bonchev–Trinajstić information content (AvgIpc) is 2.27. The van der Waals surface area contributed by atoms with Gasteiger partial charge in [0.05, 0.1) is 0 Å². The van der Waals surface area contributed by atoms with Gasteiger partial charge >= 0.3 is 29.6 Å². The Labute approximate surface area is 134 Å². The minimum absolute atomic E-state index is 0. The third-order valence-electron chi connectivity index (χ3n) is 2.47. The first kappa shape index (κ1) is 16.1. The largest absolute Gasteiger partial charge is 1.00 e. The van der Waals surface area contributed by atoms with E-state index in [0.717, 1.165) is 0 Å². The molecule has 1 amide bonds. The van der Waals surface area contributed by atoms with Gasteiger partial charge < -0.3 is 6.74 Å². The number of hydrogen-bond acceptors (Lipinski definition) is 3. The molecule has 0 aliphatic rings. The van der Waals surface area contributed by atoms with Crippen LogP contribution in [0.3, 0.4) is 0 Å². The van der Waals surface area contributed by atoms with Gasteiger partial charge in [-0.15, -0.1) is 0 Å². The van der Waals surface area contributed by atoms with Crippen molar-refractivity contribution in [1.82, 2.24) is 0 Å². The normalized spacial score (nSPS) is 10.8. The summed E-state index contributed by atoms with van der Waals surface area (Å²) in [6.07, 6.45) is 0. The van der Waals surface area contributed by atoms with Crippen molar-refractivity contribution in [3.63, 3.8) is 0 Å². The van der Waals surface area contributed by atoms with Crippen molar-refractivity contribution in [2.45, 2.75) is 11.8 Å². The van der Waals surface area contributed by atoms with Gasteiger partial charge in [0.25, 0.3) is 10.1 Å². The summed E-state index contributed by atoms with van der Waals surface area (Å²) >= 11 is 0. The van der Waals surface area contributed by atoms with Crippen LogP contribution in [0.4, 0.5) is 5.69 Å². The van der Waals surface area contributed by atoms with Gasteiger partial charge in [-0.2, -0.15) is 8.42 Å². The molecule has 0 aliphatic heterocycles. The zero-order valence-electron chi connectivity index (χ0n) is 11.5. The van der Waals surface area contributed by atoms with Crippen LogP contribution in [-0.2, 0) is 14.9 Å². The quantitative estimate of drug-likeness (QED) is 0.558. The Hall–Kier alpha value is -0.920. The Kier molecular flexibility index (Phi) is 5.11. The average molecular weight is 289 g/mol. The van der Waals surface area contributed by atoms with Gasteiger partial charge in [0.2, 0.25) is 5.91 Å². The summed E-state index contributed by atoms with van der Waals surface area (Å²) in [7, 11) is -4.29. The van der Waals surface area contributed by atoms with E-state index < -0.39 is 10.1 Å². The third-order valence-corrected chi connectivity index (χ3v) is 3.38. The molecule has 2 aromatic carbocycles. The van der Waals surface area contributed by atoms with Crippen molar-refractivity contribution in [1.29, 1.82) is 0 Å². The number of anilines is 1. The minimum Gasteiger partial charge on any atom is -1.00 e. The van der Waals surface area contributed by atoms with E-state index in [0.29, 0.717) is 16.5 Å². The van der Waals surface area contributed by atoms with Gasteiger partial charge in [-0.05, 0) is 12.1 Å². The molecule has 0 spiro atoms. The fourth-order valence-corrected chi connectivity index (χ4v) is 2.49.